The first kappa shape index (κ1) is 14.3. The molecule has 0 aromatic heterocycles. The SMILES string of the molecule is COC(=O)/C(=C/c1ccccc1)CN1CC1C(=O)OC. The maximum absolute atomic E-state index is 11.8. The molecule has 1 aliphatic rings. The monoisotopic (exact) mass is 275 g/mol. The summed E-state index contributed by atoms with van der Waals surface area (Å²) in [5.74, 6) is -0.654. The van der Waals surface area contributed by atoms with E-state index in [0.29, 0.717) is 18.7 Å². The van der Waals surface area contributed by atoms with Gasteiger partial charge >= 0.3 is 11.9 Å². The van der Waals surface area contributed by atoms with E-state index in [1.54, 1.807) is 6.08 Å². The number of nitrogens with zero attached hydrogens (tertiary/aromatic N) is 1. The van der Waals surface area contributed by atoms with Gasteiger partial charge in [-0.1, -0.05) is 30.3 Å². The van der Waals surface area contributed by atoms with Crippen molar-refractivity contribution >= 4 is 18.0 Å². The molecule has 1 heterocycles. The van der Waals surface area contributed by atoms with Crippen LogP contribution < -0.4 is 0 Å². The van der Waals surface area contributed by atoms with Crippen molar-refractivity contribution in [2.24, 2.45) is 0 Å². The van der Waals surface area contributed by atoms with E-state index >= 15 is 0 Å². The highest BCUT2D eigenvalue weighted by molar-refractivity contribution is 5.94. The minimum Gasteiger partial charge on any atom is -0.468 e. The fourth-order valence-electron chi connectivity index (χ4n) is 1.98. The second-order valence-corrected chi connectivity index (χ2v) is 4.54. The highest BCUT2D eigenvalue weighted by Gasteiger charge is 2.42. The molecule has 0 radical (unpaired) electrons. The van der Waals surface area contributed by atoms with Gasteiger partial charge in [-0.3, -0.25) is 9.69 Å². The van der Waals surface area contributed by atoms with Gasteiger partial charge in [0.25, 0.3) is 0 Å². The molecule has 1 saturated heterocycles. The zero-order chi connectivity index (χ0) is 14.5. The van der Waals surface area contributed by atoms with Crippen LogP contribution in [0.5, 0.6) is 0 Å². The van der Waals surface area contributed by atoms with Crippen LogP contribution in [0.25, 0.3) is 6.08 Å². The van der Waals surface area contributed by atoms with Gasteiger partial charge in [-0.05, 0) is 11.6 Å². The van der Waals surface area contributed by atoms with Crippen molar-refractivity contribution in [3.8, 4) is 0 Å². The molecule has 2 unspecified atom stereocenters. The van der Waals surface area contributed by atoms with E-state index in [-0.39, 0.29) is 18.0 Å². The number of methoxy groups -OCH3 is 2. The number of hydrogen-bond acceptors (Lipinski definition) is 5. The molecule has 0 N–H and O–H groups in total. The van der Waals surface area contributed by atoms with Crippen molar-refractivity contribution in [1.29, 1.82) is 0 Å². The molecule has 0 bridgehead atoms. The molecular formula is C15H17NO4. The van der Waals surface area contributed by atoms with Crippen LogP contribution in [0.2, 0.25) is 0 Å². The van der Waals surface area contributed by atoms with E-state index in [9.17, 15) is 9.59 Å². The summed E-state index contributed by atoms with van der Waals surface area (Å²) in [7, 11) is 2.71. The summed E-state index contributed by atoms with van der Waals surface area (Å²) < 4.78 is 9.46. The number of carbonyl (C=O) groups is 2. The zero-order valence-corrected chi connectivity index (χ0v) is 11.5. The molecule has 2 atom stereocenters. The van der Waals surface area contributed by atoms with Gasteiger partial charge in [-0.25, -0.2) is 4.79 Å². The molecule has 20 heavy (non-hydrogen) atoms. The Morgan fingerprint density at radius 3 is 2.55 bits per heavy atom. The Balaban J connectivity index is 2.08. The average molecular weight is 275 g/mol. The first-order valence-corrected chi connectivity index (χ1v) is 6.31. The summed E-state index contributed by atoms with van der Waals surface area (Å²) in [4.78, 5) is 25.0. The van der Waals surface area contributed by atoms with E-state index in [2.05, 4.69) is 4.74 Å². The summed E-state index contributed by atoms with van der Waals surface area (Å²) >= 11 is 0. The van der Waals surface area contributed by atoms with Crippen LogP contribution in [-0.2, 0) is 19.1 Å². The minimum atomic E-state index is -0.385. The number of rotatable bonds is 5. The molecule has 0 saturated carbocycles. The Morgan fingerprint density at radius 2 is 1.95 bits per heavy atom. The highest BCUT2D eigenvalue weighted by Crippen LogP contribution is 2.21. The van der Waals surface area contributed by atoms with Gasteiger partial charge in [0.15, 0.2) is 0 Å². The van der Waals surface area contributed by atoms with Gasteiger partial charge in [0.05, 0.1) is 19.8 Å². The summed E-state index contributed by atoms with van der Waals surface area (Å²) in [5, 5.41) is 0. The fraction of sp³-hybridized carbons (Fsp3) is 0.333. The number of benzene rings is 1. The largest absolute Gasteiger partial charge is 0.468 e. The van der Waals surface area contributed by atoms with Crippen LogP contribution in [0.1, 0.15) is 5.56 Å². The summed E-state index contributed by atoms with van der Waals surface area (Å²) in [6.45, 7) is 0.983. The van der Waals surface area contributed by atoms with Crippen LogP contribution in [0.15, 0.2) is 35.9 Å². The van der Waals surface area contributed by atoms with Crippen LogP contribution in [0, 0.1) is 0 Å². The number of esters is 2. The molecule has 0 spiro atoms. The van der Waals surface area contributed by atoms with Gasteiger partial charge < -0.3 is 9.47 Å². The lowest BCUT2D eigenvalue weighted by Gasteiger charge is -2.07. The van der Waals surface area contributed by atoms with E-state index < -0.39 is 0 Å². The molecule has 5 heteroatoms. The van der Waals surface area contributed by atoms with Crippen molar-refractivity contribution in [2.45, 2.75) is 6.04 Å². The predicted molar refractivity (Wildman–Crippen MR) is 73.8 cm³/mol. The summed E-state index contributed by atoms with van der Waals surface area (Å²) in [5.41, 5.74) is 1.44. The molecule has 0 aliphatic carbocycles. The number of hydrogen-bond donors (Lipinski definition) is 0. The quantitative estimate of drug-likeness (QED) is 0.457. The van der Waals surface area contributed by atoms with Gasteiger partial charge in [0.2, 0.25) is 0 Å². The molecule has 1 aromatic carbocycles. The molecule has 1 aliphatic heterocycles. The number of ether oxygens (including phenoxy) is 2. The lowest BCUT2D eigenvalue weighted by molar-refractivity contribution is -0.141. The maximum Gasteiger partial charge on any atom is 0.335 e. The normalized spacial score (nSPS) is 21.2. The lowest BCUT2D eigenvalue weighted by atomic mass is 10.1. The van der Waals surface area contributed by atoms with Crippen LogP contribution in [-0.4, -0.2) is 50.2 Å². The maximum atomic E-state index is 11.8. The first-order chi connectivity index (χ1) is 9.65. The molecule has 5 nitrogen and oxygen atoms in total. The average Bonchev–Trinajstić information content (AvgIpc) is 3.25. The smallest absolute Gasteiger partial charge is 0.335 e. The standard InChI is InChI=1S/C15H17NO4/c1-19-14(17)12(8-11-6-4-3-5-7-11)9-16-10-13(16)15(18)20-2/h3-8,13H,9-10H2,1-2H3/b12-8+. The molecule has 1 aromatic rings. The molecular weight excluding hydrogens is 258 g/mol. The highest BCUT2D eigenvalue weighted by atomic mass is 16.5. The Bertz CT molecular complexity index is 524. The Kier molecular flexibility index (Phi) is 4.53. The Hall–Kier alpha value is -2.14. The first-order valence-electron chi connectivity index (χ1n) is 6.31. The van der Waals surface area contributed by atoms with Crippen molar-refractivity contribution in [2.75, 3.05) is 27.3 Å². The third kappa shape index (κ3) is 3.45. The van der Waals surface area contributed by atoms with Gasteiger partial charge in [0, 0.05) is 13.1 Å². The second-order valence-electron chi connectivity index (χ2n) is 4.54. The summed E-state index contributed by atoms with van der Waals surface area (Å²) in [6.07, 6.45) is 1.78. The predicted octanol–water partition coefficient (Wildman–Crippen LogP) is 1.10. The third-order valence-corrected chi connectivity index (χ3v) is 3.15. The Morgan fingerprint density at radius 1 is 1.25 bits per heavy atom. The molecule has 1 fully saturated rings. The topological polar surface area (TPSA) is 55.6 Å². The van der Waals surface area contributed by atoms with Crippen molar-refractivity contribution in [1.82, 2.24) is 4.90 Å². The summed E-state index contributed by atoms with van der Waals surface area (Å²) in [6, 6.07) is 9.27. The zero-order valence-electron chi connectivity index (χ0n) is 11.5. The van der Waals surface area contributed by atoms with Crippen LogP contribution in [0.4, 0.5) is 0 Å². The van der Waals surface area contributed by atoms with Crippen molar-refractivity contribution in [3.05, 3.63) is 41.5 Å². The van der Waals surface area contributed by atoms with Crippen molar-refractivity contribution < 1.29 is 19.1 Å². The van der Waals surface area contributed by atoms with E-state index in [1.165, 1.54) is 14.2 Å². The third-order valence-electron chi connectivity index (χ3n) is 3.15. The van der Waals surface area contributed by atoms with E-state index in [1.807, 2.05) is 35.2 Å². The van der Waals surface area contributed by atoms with Crippen LogP contribution in [0.3, 0.4) is 0 Å². The van der Waals surface area contributed by atoms with E-state index in [4.69, 9.17) is 4.74 Å². The fourth-order valence-corrected chi connectivity index (χ4v) is 1.98. The number of carbonyl (C=O) groups excluding carboxylic acids is 2. The molecule has 106 valence electrons. The van der Waals surface area contributed by atoms with Crippen molar-refractivity contribution in [3.63, 3.8) is 0 Å². The molecule has 2 rings (SSSR count). The van der Waals surface area contributed by atoms with Gasteiger partial charge in [-0.2, -0.15) is 0 Å². The van der Waals surface area contributed by atoms with E-state index in [0.717, 1.165) is 5.56 Å². The second kappa shape index (κ2) is 6.34. The Labute approximate surface area is 117 Å². The molecule has 0 amide bonds. The van der Waals surface area contributed by atoms with Gasteiger partial charge in [-0.15, -0.1) is 0 Å². The van der Waals surface area contributed by atoms with Gasteiger partial charge in [0.1, 0.15) is 6.04 Å². The minimum absolute atomic E-state index is 0.246. The lowest BCUT2D eigenvalue weighted by Crippen LogP contribution is -2.19. The van der Waals surface area contributed by atoms with Crippen LogP contribution >= 0.6 is 0 Å².